The predicted octanol–water partition coefficient (Wildman–Crippen LogP) is 6.44. The third-order valence-electron chi connectivity index (χ3n) is 8.45. The second-order valence-electron chi connectivity index (χ2n) is 12.7. The van der Waals surface area contributed by atoms with Gasteiger partial charge in [0.1, 0.15) is 23.6 Å². The summed E-state index contributed by atoms with van der Waals surface area (Å²) >= 11 is 0. The second kappa shape index (κ2) is 10.6. The smallest absolute Gasteiger partial charge is 0.410 e. The Kier molecular flexibility index (Phi) is 7.07. The van der Waals surface area contributed by atoms with Crippen LogP contribution < -0.4 is 10.1 Å². The zero-order valence-corrected chi connectivity index (χ0v) is 24.8. The molecule has 1 saturated heterocycles. The monoisotopic (exact) mass is 584 g/mol. The van der Waals surface area contributed by atoms with Gasteiger partial charge in [0.25, 0.3) is 0 Å². The number of carboxylic acids is 1. The number of carbonyl (C=O) groups is 3. The van der Waals surface area contributed by atoms with Crippen LogP contribution >= 0.6 is 0 Å². The molecule has 3 aliphatic rings. The lowest BCUT2D eigenvalue weighted by molar-refractivity contribution is 0.0123. The van der Waals surface area contributed by atoms with Crippen LogP contribution in [0, 0.1) is 6.92 Å². The number of aryl methyl sites for hydroxylation is 1. The van der Waals surface area contributed by atoms with Crippen molar-refractivity contribution in [3.63, 3.8) is 0 Å². The Bertz CT molecular complexity index is 1560. The summed E-state index contributed by atoms with van der Waals surface area (Å²) in [5, 5.41) is 12.7. The number of carboxylic acid groups (broad SMARTS) is 1. The molecule has 2 atom stereocenters. The fraction of sp³-hybridized carbons (Fsp3) is 0.382. The molecule has 2 heterocycles. The summed E-state index contributed by atoms with van der Waals surface area (Å²) in [5.41, 5.74) is 4.56. The number of ether oxygens (including phenoxy) is 3. The van der Waals surface area contributed by atoms with Crippen LogP contribution in [0.1, 0.15) is 78.2 Å². The van der Waals surface area contributed by atoms with Gasteiger partial charge in [-0.05, 0) is 67.6 Å². The van der Waals surface area contributed by atoms with Crippen molar-refractivity contribution in [3.8, 4) is 16.9 Å². The second-order valence-corrected chi connectivity index (χ2v) is 12.7. The maximum absolute atomic E-state index is 13.4. The van der Waals surface area contributed by atoms with Crippen molar-refractivity contribution < 1.29 is 33.7 Å². The van der Waals surface area contributed by atoms with Crippen molar-refractivity contribution in [2.24, 2.45) is 0 Å². The summed E-state index contributed by atoms with van der Waals surface area (Å²) < 4.78 is 17.9. The molecular formula is C34H36N2O7. The molecule has 0 aromatic heterocycles. The Morgan fingerprint density at radius 2 is 1.70 bits per heavy atom. The first-order valence-electron chi connectivity index (χ1n) is 14.6. The van der Waals surface area contributed by atoms with E-state index in [0.717, 1.165) is 22.3 Å². The van der Waals surface area contributed by atoms with Crippen LogP contribution in [0.25, 0.3) is 11.1 Å². The highest BCUT2D eigenvalue weighted by Gasteiger charge is 2.49. The Labute approximate surface area is 250 Å². The van der Waals surface area contributed by atoms with E-state index in [1.165, 1.54) is 6.07 Å². The third-order valence-corrected chi connectivity index (χ3v) is 8.45. The molecule has 9 nitrogen and oxygen atoms in total. The number of carbonyl (C=O) groups excluding carboxylic acids is 2. The molecular weight excluding hydrogens is 548 g/mol. The number of nitrogens with zero attached hydrogens (tertiary/aromatic N) is 1. The van der Waals surface area contributed by atoms with E-state index in [-0.39, 0.29) is 24.6 Å². The van der Waals surface area contributed by atoms with E-state index >= 15 is 0 Å². The number of rotatable bonds is 4. The lowest BCUT2D eigenvalue weighted by Gasteiger charge is -2.40. The van der Waals surface area contributed by atoms with Crippen LogP contribution in [0.5, 0.6) is 5.75 Å². The SMILES string of the molecule is Cc1cc(C(=O)O)cc2c1C(NC(=O)OCC1c3ccccc3-c3ccccc31)CC1(CCN(C(=O)OC(C)(C)C)C1)O2. The lowest BCUT2D eigenvalue weighted by Crippen LogP contribution is -2.48. The van der Waals surface area contributed by atoms with Crippen LogP contribution in [0.4, 0.5) is 9.59 Å². The van der Waals surface area contributed by atoms with Gasteiger partial charge in [-0.2, -0.15) is 0 Å². The quantitative estimate of drug-likeness (QED) is 0.363. The minimum absolute atomic E-state index is 0.0800. The van der Waals surface area contributed by atoms with Gasteiger partial charge in [-0.15, -0.1) is 0 Å². The molecule has 224 valence electrons. The molecule has 2 amide bonds. The maximum atomic E-state index is 13.4. The molecule has 6 rings (SSSR count). The lowest BCUT2D eigenvalue weighted by atomic mass is 9.84. The average molecular weight is 585 g/mol. The largest absolute Gasteiger partial charge is 0.485 e. The summed E-state index contributed by atoms with van der Waals surface area (Å²) in [4.78, 5) is 39.7. The molecule has 9 heteroatoms. The number of hydrogen-bond acceptors (Lipinski definition) is 6. The van der Waals surface area contributed by atoms with E-state index in [9.17, 15) is 19.5 Å². The van der Waals surface area contributed by atoms with Crippen molar-refractivity contribution in [3.05, 3.63) is 88.5 Å². The maximum Gasteiger partial charge on any atom is 0.410 e. The fourth-order valence-electron chi connectivity index (χ4n) is 6.65. The van der Waals surface area contributed by atoms with Gasteiger partial charge in [0.2, 0.25) is 0 Å². The Morgan fingerprint density at radius 3 is 2.33 bits per heavy atom. The predicted molar refractivity (Wildman–Crippen MR) is 159 cm³/mol. The van der Waals surface area contributed by atoms with Gasteiger partial charge in [-0.1, -0.05) is 48.5 Å². The summed E-state index contributed by atoms with van der Waals surface area (Å²) in [6, 6.07) is 18.9. The van der Waals surface area contributed by atoms with E-state index < -0.39 is 35.4 Å². The van der Waals surface area contributed by atoms with E-state index in [1.807, 2.05) is 45.0 Å². The highest BCUT2D eigenvalue weighted by Crippen LogP contribution is 2.47. The zero-order valence-electron chi connectivity index (χ0n) is 24.8. The van der Waals surface area contributed by atoms with Gasteiger partial charge in [-0.25, -0.2) is 14.4 Å². The topological polar surface area (TPSA) is 114 Å². The minimum Gasteiger partial charge on any atom is -0.485 e. The number of hydrogen-bond donors (Lipinski definition) is 2. The molecule has 0 radical (unpaired) electrons. The normalized spacial score (nSPS) is 20.6. The summed E-state index contributed by atoms with van der Waals surface area (Å²) in [7, 11) is 0. The van der Waals surface area contributed by atoms with Gasteiger partial charge in [0, 0.05) is 30.9 Å². The van der Waals surface area contributed by atoms with Crippen LogP contribution in [-0.2, 0) is 9.47 Å². The molecule has 2 aliphatic heterocycles. The van der Waals surface area contributed by atoms with Crippen molar-refractivity contribution in [2.75, 3.05) is 19.7 Å². The van der Waals surface area contributed by atoms with E-state index in [2.05, 4.69) is 29.6 Å². The summed E-state index contributed by atoms with van der Waals surface area (Å²) in [6.45, 7) is 8.09. The Hall–Kier alpha value is -4.53. The van der Waals surface area contributed by atoms with Gasteiger partial charge in [0.15, 0.2) is 0 Å². The van der Waals surface area contributed by atoms with Crippen LogP contribution in [-0.4, -0.2) is 59.1 Å². The van der Waals surface area contributed by atoms with Gasteiger partial charge in [-0.3, -0.25) is 0 Å². The van der Waals surface area contributed by atoms with E-state index in [1.54, 1.807) is 17.9 Å². The molecule has 1 spiro atoms. The number of likely N-dealkylation sites (tertiary alicyclic amines) is 1. The average Bonchev–Trinajstić information content (AvgIpc) is 3.49. The molecule has 3 aromatic carbocycles. The number of benzene rings is 3. The standard InChI is InChI=1S/C34H36N2O7/c1-20-15-21(30(37)38)16-28-29(20)27(17-34(42-28)13-14-36(19-34)32(40)43-33(2,3)4)35-31(39)41-18-26-24-11-7-5-9-22(24)23-10-6-8-12-25(23)26/h5-12,15-16,26-27H,13-14,17-19H2,1-4H3,(H,35,39)(H,37,38). The van der Waals surface area contributed by atoms with E-state index in [0.29, 0.717) is 36.3 Å². The molecule has 2 N–H and O–H groups in total. The Balaban J connectivity index is 1.23. The van der Waals surface area contributed by atoms with Crippen LogP contribution in [0.2, 0.25) is 0 Å². The minimum atomic E-state index is -1.07. The van der Waals surface area contributed by atoms with Gasteiger partial charge in [0.05, 0.1) is 18.2 Å². The highest BCUT2D eigenvalue weighted by atomic mass is 16.6. The molecule has 3 aromatic rings. The molecule has 1 aliphatic carbocycles. The van der Waals surface area contributed by atoms with E-state index in [4.69, 9.17) is 14.2 Å². The van der Waals surface area contributed by atoms with Crippen LogP contribution in [0.3, 0.4) is 0 Å². The van der Waals surface area contributed by atoms with Crippen molar-refractivity contribution in [1.82, 2.24) is 10.2 Å². The highest BCUT2D eigenvalue weighted by molar-refractivity contribution is 5.89. The van der Waals surface area contributed by atoms with Crippen molar-refractivity contribution in [1.29, 1.82) is 0 Å². The molecule has 43 heavy (non-hydrogen) atoms. The zero-order chi connectivity index (χ0) is 30.5. The number of amides is 2. The van der Waals surface area contributed by atoms with Crippen molar-refractivity contribution >= 4 is 18.2 Å². The first kappa shape index (κ1) is 28.6. The number of alkyl carbamates (subject to hydrolysis) is 1. The van der Waals surface area contributed by atoms with Gasteiger partial charge < -0.3 is 29.5 Å². The van der Waals surface area contributed by atoms with Gasteiger partial charge >= 0.3 is 18.2 Å². The van der Waals surface area contributed by atoms with Crippen molar-refractivity contribution in [2.45, 2.75) is 63.7 Å². The number of fused-ring (bicyclic) bond motifs is 4. The first-order chi connectivity index (χ1) is 20.4. The third kappa shape index (κ3) is 5.51. The molecule has 1 fully saturated rings. The number of aromatic carboxylic acids is 1. The summed E-state index contributed by atoms with van der Waals surface area (Å²) in [6.07, 6.45) is -0.115. The number of nitrogens with one attached hydrogen (secondary N) is 1. The fourth-order valence-corrected chi connectivity index (χ4v) is 6.65. The first-order valence-corrected chi connectivity index (χ1v) is 14.6. The molecule has 2 unspecified atom stereocenters. The molecule has 0 bridgehead atoms. The van der Waals surface area contributed by atoms with Crippen LogP contribution in [0.15, 0.2) is 60.7 Å². The summed E-state index contributed by atoms with van der Waals surface area (Å²) in [5.74, 6) is -0.765. The Morgan fingerprint density at radius 1 is 1.05 bits per heavy atom. The molecule has 0 saturated carbocycles.